The van der Waals surface area contributed by atoms with Crippen LogP contribution in [0.3, 0.4) is 0 Å². The Balaban J connectivity index is 1.62. The zero-order valence-corrected chi connectivity index (χ0v) is 17.0. The standard InChI is InChI=1S/C22H22N2O4S/c1-17-8-14-21(15-9-17)29(26,27)24(2)19-10-12-20(13-11-19)28-16-22(25)23-18-6-4-3-5-7-18/h3-15H,16H2,1-2H3,(H,23,25). The van der Waals surface area contributed by atoms with Crippen LogP contribution in [0.1, 0.15) is 5.56 Å². The monoisotopic (exact) mass is 410 g/mol. The number of aryl methyl sites for hydroxylation is 1. The number of hydrogen-bond acceptors (Lipinski definition) is 4. The van der Waals surface area contributed by atoms with Crippen molar-refractivity contribution in [1.29, 1.82) is 0 Å². The minimum atomic E-state index is -3.65. The Kier molecular flexibility index (Phi) is 6.19. The summed E-state index contributed by atoms with van der Waals surface area (Å²) < 4.78 is 32.2. The van der Waals surface area contributed by atoms with Crippen molar-refractivity contribution in [2.45, 2.75) is 11.8 Å². The van der Waals surface area contributed by atoms with E-state index in [0.29, 0.717) is 17.1 Å². The number of sulfonamides is 1. The van der Waals surface area contributed by atoms with Crippen molar-refractivity contribution in [3.8, 4) is 5.75 Å². The Hall–Kier alpha value is -3.32. The van der Waals surface area contributed by atoms with Crippen LogP contribution in [0.4, 0.5) is 11.4 Å². The van der Waals surface area contributed by atoms with E-state index < -0.39 is 10.0 Å². The maximum atomic E-state index is 12.8. The summed E-state index contributed by atoms with van der Waals surface area (Å²) in [6.07, 6.45) is 0. The molecule has 0 heterocycles. The van der Waals surface area contributed by atoms with E-state index in [-0.39, 0.29) is 17.4 Å². The highest BCUT2D eigenvalue weighted by Gasteiger charge is 2.21. The zero-order chi connectivity index (χ0) is 20.9. The van der Waals surface area contributed by atoms with Crippen LogP contribution in [0.15, 0.2) is 83.8 Å². The van der Waals surface area contributed by atoms with Gasteiger partial charge in [-0.25, -0.2) is 8.42 Å². The molecule has 0 spiro atoms. The fraction of sp³-hybridized carbons (Fsp3) is 0.136. The quantitative estimate of drug-likeness (QED) is 0.642. The lowest BCUT2D eigenvalue weighted by Gasteiger charge is -2.20. The first-order valence-electron chi connectivity index (χ1n) is 8.99. The van der Waals surface area contributed by atoms with Crippen LogP contribution in [0.2, 0.25) is 0 Å². The number of ether oxygens (including phenoxy) is 1. The van der Waals surface area contributed by atoms with Crippen LogP contribution in [-0.2, 0) is 14.8 Å². The van der Waals surface area contributed by atoms with Crippen molar-refractivity contribution in [3.05, 3.63) is 84.4 Å². The van der Waals surface area contributed by atoms with Gasteiger partial charge in [-0.2, -0.15) is 0 Å². The average molecular weight is 410 g/mol. The summed E-state index contributed by atoms with van der Waals surface area (Å²) in [5, 5.41) is 2.73. The SMILES string of the molecule is Cc1ccc(S(=O)(=O)N(C)c2ccc(OCC(=O)Nc3ccccc3)cc2)cc1. The third-order valence-corrected chi connectivity index (χ3v) is 6.11. The van der Waals surface area contributed by atoms with Crippen molar-refractivity contribution >= 4 is 27.3 Å². The lowest BCUT2D eigenvalue weighted by Crippen LogP contribution is -2.26. The van der Waals surface area contributed by atoms with E-state index in [9.17, 15) is 13.2 Å². The number of hydrogen-bond donors (Lipinski definition) is 1. The van der Waals surface area contributed by atoms with Gasteiger partial charge < -0.3 is 10.1 Å². The Bertz CT molecular complexity index is 1060. The lowest BCUT2D eigenvalue weighted by molar-refractivity contribution is -0.118. The van der Waals surface area contributed by atoms with Crippen molar-refractivity contribution < 1.29 is 17.9 Å². The molecule has 150 valence electrons. The Morgan fingerprint density at radius 1 is 0.931 bits per heavy atom. The van der Waals surface area contributed by atoms with E-state index in [0.717, 1.165) is 5.56 Å². The summed E-state index contributed by atoms with van der Waals surface area (Å²) in [6, 6.07) is 22.3. The summed E-state index contributed by atoms with van der Waals surface area (Å²) in [5.41, 5.74) is 2.18. The zero-order valence-electron chi connectivity index (χ0n) is 16.2. The first-order chi connectivity index (χ1) is 13.9. The third kappa shape index (κ3) is 5.14. The number of nitrogens with one attached hydrogen (secondary N) is 1. The molecule has 1 amide bonds. The van der Waals surface area contributed by atoms with Crippen molar-refractivity contribution in [3.63, 3.8) is 0 Å². The molecule has 0 atom stereocenters. The number of rotatable bonds is 7. The molecule has 3 aromatic carbocycles. The molecule has 1 N–H and O–H groups in total. The number of carbonyl (C=O) groups excluding carboxylic acids is 1. The maximum absolute atomic E-state index is 12.8. The second-order valence-corrected chi connectivity index (χ2v) is 8.45. The molecule has 29 heavy (non-hydrogen) atoms. The summed E-state index contributed by atoms with van der Waals surface area (Å²) in [7, 11) is -2.16. The molecular formula is C22H22N2O4S. The minimum absolute atomic E-state index is 0.147. The summed E-state index contributed by atoms with van der Waals surface area (Å²) >= 11 is 0. The number of anilines is 2. The molecule has 0 aliphatic carbocycles. The number of amides is 1. The fourth-order valence-corrected chi connectivity index (χ4v) is 3.82. The maximum Gasteiger partial charge on any atom is 0.264 e. The Morgan fingerprint density at radius 3 is 2.17 bits per heavy atom. The molecule has 0 unspecified atom stereocenters. The third-order valence-electron chi connectivity index (χ3n) is 4.31. The van der Waals surface area contributed by atoms with E-state index in [1.807, 2.05) is 25.1 Å². The molecular weight excluding hydrogens is 388 g/mol. The molecule has 0 saturated carbocycles. The van der Waals surface area contributed by atoms with Gasteiger partial charge in [-0.15, -0.1) is 0 Å². The Morgan fingerprint density at radius 2 is 1.55 bits per heavy atom. The average Bonchev–Trinajstić information content (AvgIpc) is 2.73. The minimum Gasteiger partial charge on any atom is -0.484 e. The molecule has 7 heteroatoms. The molecule has 3 aromatic rings. The molecule has 0 aliphatic rings. The molecule has 0 radical (unpaired) electrons. The number of benzene rings is 3. The van der Waals surface area contributed by atoms with Crippen molar-refractivity contribution in [2.75, 3.05) is 23.3 Å². The molecule has 0 aromatic heterocycles. The van der Waals surface area contributed by atoms with Gasteiger partial charge in [0.25, 0.3) is 15.9 Å². The van der Waals surface area contributed by atoms with Crippen LogP contribution in [0, 0.1) is 6.92 Å². The number of nitrogens with zero attached hydrogens (tertiary/aromatic N) is 1. The molecule has 0 bridgehead atoms. The fourth-order valence-electron chi connectivity index (χ4n) is 2.63. The molecule has 6 nitrogen and oxygen atoms in total. The second kappa shape index (κ2) is 8.79. The van der Waals surface area contributed by atoms with Gasteiger partial charge >= 0.3 is 0 Å². The van der Waals surface area contributed by atoms with Crippen molar-refractivity contribution in [2.24, 2.45) is 0 Å². The van der Waals surface area contributed by atoms with Gasteiger partial charge in [0.05, 0.1) is 10.6 Å². The number of carbonyl (C=O) groups is 1. The molecule has 3 rings (SSSR count). The van der Waals surface area contributed by atoms with Crippen LogP contribution < -0.4 is 14.4 Å². The predicted octanol–water partition coefficient (Wildman–Crippen LogP) is 3.84. The van der Waals surface area contributed by atoms with Crippen LogP contribution in [-0.4, -0.2) is 28.0 Å². The summed E-state index contributed by atoms with van der Waals surface area (Å²) in [5.74, 6) is 0.192. The Labute approximate surface area is 170 Å². The van der Waals surface area contributed by atoms with Gasteiger partial charge in [0.2, 0.25) is 0 Å². The largest absolute Gasteiger partial charge is 0.484 e. The first kappa shape index (κ1) is 20.4. The topological polar surface area (TPSA) is 75.7 Å². The first-order valence-corrected chi connectivity index (χ1v) is 10.4. The smallest absolute Gasteiger partial charge is 0.264 e. The van der Waals surface area contributed by atoms with Gasteiger partial charge in [0.15, 0.2) is 6.61 Å². The number of para-hydroxylation sites is 1. The van der Waals surface area contributed by atoms with Gasteiger partial charge in [-0.05, 0) is 55.5 Å². The highest BCUT2D eigenvalue weighted by Crippen LogP contribution is 2.24. The predicted molar refractivity (Wildman–Crippen MR) is 114 cm³/mol. The normalized spacial score (nSPS) is 11.0. The van der Waals surface area contributed by atoms with Gasteiger partial charge in [-0.1, -0.05) is 35.9 Å². The molecule has 0 aliphatic heterocycles. The van der Waals surface area contributed by atoms with Gasteiger partial charge in [0, 0.05) is 12.7 Å². The van der Waals surface area contributed by atoms with E-state index >= 15 is 0 Å². The van der Waals surface area contributed by atoms with Crippen LogP contribution in [0.25, 0.3) is 0 Å². The molecule has 0 saturated heterocycles. The van der Waals surface area contributed by atoms with Gasteiger partial charge in [-0.3, -0.25) is 9.10 Å². The van der Waals surface area contributed by atoms with Crippen LogP contribution in [0.5, 0.6) is 5.75 Å². The van der Waals surface area contributed by atoms with Crippen molar-refractivity contribution in [1.82, 2.24) is 0 Å². The summed E-state index contributed by atoms with van der Waals surface area (Å²) in [4.78, 5) is 12.2. The van der Waals surface area contributed by atoms with E-state index in [1.54, 1.807) is 60.7 Å². The van der Waals surface area contributed by atoms with E-state index in [4.69, 9.17) is 4.74 Å². The van der Waals surface area contributed by atoms with E-state index in [1.165, 1.54) is 11.4 Å². The highest BCUT2D eigenvalue weighted by atomic mass is 32.2. The van der Waals surface area contributed by atoms with E-state index in [2.05, 4.69) is 5.32 Å². The van der Waals surface area contributed by atoms with Crippen LogP contribution >= 0.6 is 0 Å². The lowest BCUT2D eigenvalue weighted by atomic mass is 10.2. The molecule has 0 fully saturated rings. The highest BCUT2D eigenvalue weighted by molar-refractivity contribution is 7.92. The summed E-state index contributed by atoms with van der Waals surface area (Å²) in [6.45, 7) is 1.75. The van der Waals surface area contributed by atoms with Gasteiger partial charge in [0.1, 0.15) is 5.75 Å². The second-order valence-electron chi connectivity index (χ2n) is 6.48.